The Morgan fingerprint density at radius 3 is 2.05 bits per heavy atom. The lowest BCUT2D eigenvalue weighted by molar-refractivity contribution is -0.120. The molecule has 0 saturated heterocycles. The van der Waals surface area contributed by atoms with E-state index < -0.39 is 0 Å². The molecular weight excluding hydrogens is 314 g/mol. The van der Waals surface area contributed by atoms with E-state index in [2.05, 4.69) is 0 Å². The van der Waals surface area contributed by atoms with Crippen LogP contribution in [0.5, 0.6) is 0 Å². The normalized spacial score (nSPS) is 15.4. The summed E-state index contributed by atoms with van der Waals surface area (Å²) >= 11 is 8.77. The summed E-state index contributed by atoms with van der Waals surface area (Å²) in [5.74, 6) is 1.01. The molecule has 20 heavy (non-hydrogen) atoms. The van der Waals surface area contributed by atoms with Crippen molar-refractivity contribution in [3.63, 3.8) is 0 Å². The molecule has 0 radical (unpaired) electrons. The fourth-order valence-electron chi connectivity index (χ4n) is 1.88. The summed E-state index contributed by atoms with van der Waals surface area (Å²) in [5, 5.41) is 0.504. The molecule has 0 aromatic heterocycles. The molecule has 2 amide bonds. The number of rotatable bonds is 5. The van der Waals surface area contributed by atoms with Crippen molar-refractivity contribution < 1.29 is 9.59 Å². The van der Waals surface area contributed by atoms with Gasteiger partial charge < -0.3 is 0 Å². The SMILES string of the molecule is CCSC1=C(SCC)C(=O)N(c2cccc(Cl)c2)C1=O. The summed E-state index contributed by atoms with van der Waals surface area (Å²) in [6, 6.07) is 6.79. The minimum absolute atomic E-state index is 0.250. The summed E-state index contributed by atoms with van der Waals surface area (Å²) in [5.41, 5.74) is 0.522. The topological polar surface area (TPSA) is 37.4 Å². The Hall–Kier alpha value is -0.910. The first-order chi connectivity index (χ1) is 9.60. The maximum Gasteiger partial charge on any atom is 0.273 e. The molecule has 6 heteroatoms. The van der Waals surface area contributed by atoms with Crippen molar-refractivity contribution in [2.45, 2.75) is 13.8 Å². The molecule has 0 fully saturated rings. The minimum Gasteiger partial charge on any atom is -0.268 e. The number of halogens is 1. The van der Waals surface area contributed by atoms with Crippen molar-refractivity contribution in [3.8, 4) is 0 Å². The molecule has 1 aliphatic heterocycles. The highest BCUT2D eigenvalue weighted by Crippen LogP contribution is 2.38. The third-order valence-corrected chi connectivity index (χ3v) is 4.92. The lowest BCUT2D eigenvalue weighted by atomic mass is 10.3. The molecule has 0 atom stereocenters. The van der Waals surface area contributed by atoms with Gasteiger partial charge in [-0.25, -0.2) is 4.90 Å². The average molecular weight is 328 g/mol. The first kappa shape index (κ1) is 15.5. The molecule has 0 spiro atoms. The molecule has 0 bridgehead atoms. The number of hydrogen-bond acceptors (Lipinski definition) is 4. The van der Waals surface area contributed by atoms with Gasteiger partial charge in [-0.1, -0.05) is 31.5 Å². The van der Waals surface area contributed by atoms with Gasteiger partial charge in [0.2, 0.25) is 0 Å². The van der Waals surface area contributed by atoms with Crippen LogP contribution in [0.2, 0.25) is 5.02 Å². The van der Waals surface area contributed by atoms with Gasteiger partial charge in [0.1, 0.15) is 0 Å². The Morgan fingerprint density at radius 2 is 1.60 bits per heavy atom. The molecule has 0 aliphatic carbocycles. The Bertz CT molecular complexity index is 558. The number of thioether (sulfide) groups is 2. The van der Waals surface area contributed by atoms with E-state index in [9.17, 15) is 9.59 Å². The van der Waals surface area contributed by atoms with Gasteiger partial charge in [-0.2, -0.15) is 0 Å². The van der Waals surface area contributed by atoms with Gasteiger partial charge in [0, 0.05) is 5.02 Å². The van der Waals surface area contributed by atoms with Gasteiger partial charge in [-0.3, -0.25) is 9.59 Å². The summed E-state index contributed by atoms with van der Waals surface area (Å²) in [6.45, 7) is 3.93. The Kier molecular flexibility index (Phi) is 5.18. The predicted molar refractivity (Wildman–Crippen MR) is 87.2 cm³/mol. The van der Waals surface area contributed by atoms with Crippen LogP contribution < -0.4 is 4.90 Å². The van der Waals surface area contributed by atoms with Gasteiger partial charge >= 0.3 is 0 Å². The van der Waals surface area contributed by atoms with E-state index in [1.807, 2.05) is 13.8 Å². The minimum atomic E-state index is -0.250. The quantitative estimate of drug-likeness (QED) is 0.768. The van der Waals surface area contributed by atoms with Crippen LogP contribution >= 0.6 is 35.1 Å². The van der Waals surface area contributed by atoms with Gasteiger partial charge in [-0.05, 0) is 29.7 Å². The van der Waals surface area contributed by atoms with Crippen LogP contribution in [0.25, 0.3) is 0 Å². The van der Waals surface area contributed by atoms with Crippen LogP contribution in [0.1, 0.15) is 13.8 Å². The molecule has 2 rings (SSSR count). The lowest BCUT2D eigenvalue weighted by Gasteiger charge is -2.15. The first-order valence-corrected chi connectivity index (χ1v) is 8.59. The molecule has 106 valence electrons. The average Bonchev–Trinajstić information content (AvgIpc) is 2.64. The van der Waals surface area contributed by atoms with E-state index in [4.69, 9.17) is 11.6 Å². The predicted octanol–water partition coefficient (Wildman–Crippen LogP) is 3.93. The molecule has 0 saturated carbocycles. The van der Waals surface area contributed by atoms with Crippen LogP contribution in [-0.4, -0.2) is 23.3 Å². The summed E-state index contributed by atoms with van der Waals surface area (Å²) in [6.07, 6.45) is 0. The van der Waals surface area contributed by atoms with E-state index in [1.54, 1.807) is 24.3 Å². The van der Waals surface area contributed by atoms with E-state index in [0.717, 1.165) is 11.5 Å². The van der Waals surface area contributed by atoms with Crippen molar-refractivity contribution in [2.75, 3.05) is 16.4 Å². The second kappa shape index (κ2) is 6.70. The summed E-state index contributed by atoms with van der Waals surface area (Å²) < 4.78 is 0. The Balaban J connectivity index is 2.40. The number of hydrogen-bond donors (Lipinski definition) is 0. The van der Waals surface area contributed by atoms with Gasteiger partial charge in [0.25, 0.3) is 11.8 Å². The Morgan fingerprint density at radius 1 is 1.05 bits per heavy atom. The van der Waals surface area contributed by atoms with Crippen molar-refractivity contribution in [1.29, 1.82) is 0 Å². The van der Waals surface area contributed by atoms with Crippen molar-refractivity contribution in [2.24, 2.45) is 0 Å². The maximum atomic E-state index is 12.5. The highest BCUT2D eigenvalue weighted by molar-refractivity contribution is 8.08. The third kappa shape index (κ3) is 2.90. The maximum absolute atomic E-state index is 12.5. The lowest BCUT2D eigenvalue weighted by Crippen LogP contribution is -2.31. The highest BCUT2D eigenvalue weighted by atomic mass is 35.5. The van der Waals surface area contributed by atoms with Crippen LogP contribution in [0, 0.1) is 0 Å². The van der Waals surface area contributed by atoms with E-state index in [-0.39, 0.29) is 11.8 Å². The molecule has 3 nitrogen and oxygen atoms in total. The summed E-state index contributed by atoms with van der Waals surface area (Å²) in [7, 11) is 0. The molecule has 1 heterocycles. The van der Waals surface area contributed by atoms with E-state index >= 15 is 0 Å². The fraction of sp³-hybridized carbons (Fsp3) is 0.286. The third-order valence-electron chi connectivity index (χ3n) is 2.64. The molecule has 1 aromatic carbocycles. The first-order valence-electron chi connectivity index (χ1n) is 6.24. The zero-order valence-corrected chi connectivity index (χ0v) is 13.6. The number of carbonyl (C=O) groups is 2. The second-order valence-electron chi connectivity index (χ2n) is 3.95. The zero-order valence-electron chi connectivity index (χ0n) is 11.2. The largest absolute Gasteiger partial charge is 0.273 e. The molecule has 0 N–H and O–H groups in total. The molecule has 1 aromatic rings. The Labute approximate surface area is 131 Å². The van der Waals surface area contributed by atoms with Crippen LogP contribution in [0.4, 0.5) is 5.69 Å². The van der Waals surface area contributed by atoms with Gasteiger partial charge in [-0.15, -0.1) is 23.5 Å². The number of carbonyl (C=O) groups excluding carboxylic acids is 2. The molecular formula is C14H14ClNO2S2. The van der Waals surface area contributed by atoms with Crippen LogP contribution in [0.3, 0.4) is 0 Å². The van der Waals surface area contributed by atoms with Gasteiger partial charge in [0.15, 0.2) is 0 Å². The van der Waals surface area contributed by atoms with Crippen molar-refractivity contribution in [1.82, 2.24) is 0 Å². The monoisotopic (exact) mass is 327 g/mol. The van der Waals surface area contributed by atoms with E-state index in [0.29, 0.717) is 20.5 Å². The fourth-order valence-corrected chi connectivity index (χ4v) is 3.86. The molecule has 1 aliphatic rings. The van der Waals surface area contributed by atoms with Crippen LogP contribution in [0.15, 0.2) is 34.1 Å². The smallest absolute Gasteiger partial charge is 0.268 e. The van der Waals surface area contributed by atoms with Crippen molar-refractivity contribution in [3.05, 3.63) is 39.1 Å². The molecule has 0 unspecified atom stereocenters. The zero-order chi connectivity index (χ0) is 14.7. The van der Waals surface area contributed by atoms with Crippen molar-refractivity contribution >= 4 is 52.6 Å². The standard InChI is InChI=1S/C14H14ClNO2S2/c1-3-19-11-12(20-4-2)14(18)16(13(11)17)10-7-5-6-9(15)8-10/h5-8H,3-4H2,1-2H3. The number of nitrogens with zero attached hydrogens (tertiary/aromatic N) is 1. The second-order valence-corrected chi connectivity index (χ2v) is 6.93. The number of amides is 2. The number of anilines is 1. The number of benzene rings is 1. The van der Waals surface area contributed by atoms with Gasteiger partial charge in [0.05, 0.1) is 15.5 Å². The number of imide groups is 1. The van der Waals surface area contributed by atoms with E-state index in [1.165, 1.54) is 28.4 Å². The van der Waals surface area contributed by atoms with Crippen LogP contribution in [-0.2, 0) is 9.59 Å². The summed E-state index contributed by atoms with van der Waals surface area (Å²) in [4.78, 5) is 27.2. The highest BCUT2D eigenvalue weighted by Gasteiger charge is 2.39.